The Morgan fingerprint density at radius 3 is 2.75 bits per heavy atom. The van der Waals surface area contributed by atoms with Crippen LogP contribution in [0, 0.1) is 21.4 Å². The molecule has 0 aliphatic heterocycles. The number of benzene rings is 2. The molecule has 2 aromatic carbocycles. The molecule has 0 saturated heterocycles. The van der Waals surface area contributed by atoms with E-state index in [2.05, 4.69) is 0 Å². The molecule has 0 aliphatic rings. The normalized spacial score (nSPS) is 9.80. The van der Waals surface area contributed by atoms with Crippen LogP contribution in [0.3, 0.4) is 0 Å². The molecule has 2 rings (SSSR count). The number of hydrogen-bond donors (Lipinski definition) is 0. The second kappa shape index (κ2) is 6.04. The van der Waals surface area contributed by atoms with Crippen LogP contribution in [-0.4, -0.2) is 4.92 Å². The van der Waals surface area contributed by atoms with Crippen LogP contribution in [-0.2, 0) is 6.61 Å². The molecule has 0 radical (unpaired) electrons. The Kier molecular flexibility index (Phi) is 4.18. The third-order valence-corrected chi connectivity index (χ3v) is 3.00. The van der Waals surface area contributed by atoms with Crippen molar-refractivity contribution >= 4 is 17.3 Å². The first-order chi connectivity index (χ1) is 9.61. The molecule has 0 aromatic heterocycles. The van der Waals surface area contributed by atoms with Gasteiger partial charge in [-0.25, -0.2) is 0 Å². The second-order valence-electron chi connectivity index (χ2n) is 3.93. The number of nitro groups is 1. The van der Waals surface area contributed by atoms with Crippen LogP contribution < -0.4 is 4.74 Å². The van der Waals surface area contributed by atoms with Gasteiger partial charge in [-0.1, -0.05) is 23.7 Å². The van der Waals surface area contributed by atoms with Crippen LogP contribution in [0.15, 0.2) is 42.5 Å². The third kappa shape index (κ3) is 3.05. The maximum atomic E-state index is 10.7. The van der Waals surface area contributed by atoms with Crippen LogP contribution in [0.2, 0.25) is 5.02 Å². The monoisotopic (exact) mass is 288 g/mol. The van der Waals surface area contributed by atoms with Gasteiger partial charge in [0.15, 0.2) is 0 Å². The maximum absolute atomic E-state index is 10.7. The van der Waals surface area contributed by atoms with Gasteiger partial charge in [-0.3, -0.25) is 10.1 Å². The number of rotatable bonds is 4. The highest BCUT2D eigenvalue weighted by Crippen LogP contribution is 2.24. The maximum Gasteiger partial charge on any atom is 0.269 e. The topological polar surface area (TPSA) is 76.2 Å². The van der Waals surface area contributed by atoms with E-state index in [0.29, 0.717) is 21.9 Å². The summed E-state index contributed by atoms with van der Waals surface area (Å²) >= 11 is 5.97. The molecule has 0 atom stereocenters. The zero-order valence-electron chi connectivity index (χ0n) is 10.2. The summed E-state index contributed by atoms with van der Waals surface area (Å²) in [5.74, 6) is 0.414. The summed E-state index contributed by atoms with van der Waals surface area (Å²) in [5, 5.41) is 20.0. The Hall–Kier alpha value is -2.58. The van der Waals surface area contributed by atoms with Gasteiger partial charge >= 0.3 is 0 Å². The van der Waals surface area contributed by atoms with E-state index < -0.39 is 4.92 Å². The molecule has 20 heavy (non-hydrogen) atoms. The van der Waals surface area contributed by atoms with Crippen LogP contribution >= 0.6 is 11.6 Å². The first-order valence-corrected chi connectivity index (χ1v) is 6.04. The highest BCUT2D eigenvalue weighted by atomic mass is 35.5. The Balaban J connectivity index is 2.21. The van der Waals surface area contributed by atoms with Crippen molar-refractivity contribution in [2.75, 3.05) is 0 Å². The quantitative estimate of drug-likeness (QED) is 0.635. The van der Waals surface area contributed by atoms with Crippen molar-refractivity contribution in [2.45, 2.75) is 6.61 Å². The third-order valence-electron chi connectivity index (χ3n) is 2.63. The SMILES string of the molecule is N#Cc1ccccc1OCc1cc([N+](=O)[O-])ccc1Cl. The van der Waals surface area contributed by atoms with E-state index in [1.54, 1.807) is 24.3 Å². The minimum Gasteiger partial charge on any atom is -0.487 e. The Morgan fingerprint density at radius 1 is 1.30 bits per heavy atom. The van der Waals surface area contributed by atoms with Crippen molar-refractivity contribution in [3.05, 3.63) is 68.7 Å². The van der Waals surface area contributed by atoms with Gasteiger partial charge in [0.2, 0.25) is 0 Å². The molecule has 5 nitrogen and oxygen atoms in total. The molecule has 0 N–H and O–H groups in total. The van der Waals surface area contributed by atoms with Crippen molar-refractivity contribution in [3.8, 4) is 11.8 Å². The number of nitrogens with zero attached hydrogens (tertiary/aromatic N) is 2. The number of halogens is 1. The van der Waals surface area contributed by atoms with Crippen molar-refractivity contribution in [2.24, 2.45) is 0 Å². The Bertz CT molecular complexity index is 695. The van der Waals surface area contributed by atoms with E-state index >= 15 is 0 Å². The number of para-hydroxylation sites is 1. The fraction of sp³-hybridized carbons (Fsp3) is 0.0714. The van der Waals surface area contributed by atoms with E-state index in [0.717, 1.165) is 0 Å². The largest absolute Gasteiger partial charge is 0.487 e. The van der Waals surface area contributed by atoms with Gasteiger partial charge in [0.05, 0.1) is 10.5 Å². The zero-order chi connectivity index (χ0) is 14.5. The van der Waals surface area contributed by atoms with Crippen LogP contribution in [0.4, 0.5) is 5.69 Å². The minimum atomic E-state index is -0.497. The molecule has 2 aromatic rings. The lowest BCUT2D eigenvalue weighted by Crippen LogP contribution is -1.99. The Morgan fingerprint density at radius 2 is 2.05 bits per heavy atom. The molecule has 6 heteroatoms. The summed E-state index contributed by atoms with van der Waals surface area (Å²) in [6.45, 7) is 0.0548. The van der Waals surface area contributed by atoms with E-state index in [1.807, 2.05) is 6.07 Å². The lowest BCUT2D eigenvalue weighted by Gasteiger charge is -2.08. The molecular formula is C14H9ClN2O3. The fourth-order valence-electron chi connectivity index (χ4n) is 1.63. The van der Waals surface area contributed by atoms with Gasteiger partial charge in [0.1, 0.15) is 18.4 Å². The van der Waals surface area contributed by atoms with Gasteiger partial charge in [0, 0.05) is 22.7 Å². The molecule has 0 heterocycles. The second-order valence-corrected chi connectivity index (χ2v) is 4.34. The predicted molar refractivity (Wildman–Crippen MR) is 73.6 cm³/mol. The molecule has 0 aliphatic carbocycles. The van der Waals surface area contributed by atoms with Crippen LogP contribution in [0.1, 0.15) is 11.1 Å². The highest BCUT2D eigenvalue weighted by Gasteiger charge is 2.11. The highest BCUT2D eigenvalue weighted by molar-refractivity contribution is 6.31. The van der Waals surface area contributed by atoms with Crippen LogP contribution in [0.5, 0.6) is 5.75 Å². The van der Waals surface area contributed by atoms with Crippen molar-refractivity contribution in [1.82, 2.24) is 0 Å². The lowest BCUT2D eigenvalue weighted by molar-refractivity contribution is -0.384. The summed E-state index contributed by atoms with van der Waals surface area (Å²) in [7, 11) is 0. The molecule has 0 spiro atoms. The standard InChI is InChI=1S/C14H9ClN2O3/c15-13-6-5-12(17(18)19)7-11(13)9-20-14-4-2-1-3-10(14)8-16/h1-7H,9H2. The summed E-state index contributed by atoms with van der Waals surface area (Å²) in [6.07, 6.45) is 0. The van der Waals surface area contributed by atoms with Gasteiger partial charge in [0.25, 0.3) is 5.69 Å². The molecule has 0 fully saturated rings. The van der Waals surface area contributed by atoms with E-state index in [1.165, 1.54) is 18.2 Å². The average Bonchev–Trinajstić information content (AvgIpc) is 2.46. The van der Waals surface area contributed by atoms with Gasteiger partial charge in [-0.15, -0.1) is 0 Å². The predicted octanol–water partition coefficient (Wildman–Crippen LogP) is 3.70. The summed E-state index contributed by atoms with van der Waals surface area (Å²) in [4.78, 5) is 10.2. The molecule has 0 saturated carbocycles. The summed E-state index contributed by atoms with van der Waals surface area (Å²) in [5.41, 5.74) is 0.837. The number of ether oxygens (including phenoxy) is 1. The number of nitriles is 1. The van der Waals surface area contributed by atoms with E-state index in [4.69, 9.17) is 21.6 Å². The van der Waals surface area contributed by atoms with E-state index in [9.17, 15) is 10.1 Å². The molecule has 0 amide bonds. The van der Waals surface area contributed by atoms with Crippen molar-refractivity contribution in [1.29, 1.82) is 5.26 Å². The van der Waals surface area contributed by atoms with Crippen molar-refractivity contribution < 1.29 is 9.66 Å². The minimum absolute atomic E-state index is 0.0541. The van der Waals surface area contributed by atoms with Gasteiger partial charge < -0.3 is 4.74 Å². The van der Waals surface area contributed by atoms with Crippen molar-refractivity contribution in [3.63, 3.8) is 0 Å². The first kappa shape index (κ1) is 13.8. The number of nitro benzene ring substituents is 1. The number of hydrogen-bond acceptors (Lipinski definition) is 4. The van der Waals surface area contributed by atoms with Gasteiger partial charge in [-0.2, -0.15) is 5.26 Å². The van der Waals surface area contributed by atoms with Crippen LogP contribution in [0.25, 0.3) is 0 Å². The summed E-state index contributed by atoms with van der Waals surface area (Å²) in [6, 6.07) is 12.9. The lowest BCUT2D eigenvalue weighted by atomic mass is 10.2. The fourth-order valence-corrected chi connectivity index (χ4v) is 1.80. The molecule has 0 bridgehead atoms. The van der Waals surface area contributed by atoms with E-state index in [-0.39, 0.29) is 12.3 Å². The number of non-ortho nitro benzene ring substituents is 1. The first-order valence-electron chi connectivity index (χ1n) is 5.66. The molecule has 0 unspecified atom stereocenters. The average molecular weight is 289 g/mol. The molecule has 100 valence electrons. The van der Waals surface area contributed by atoms with Gasteiger partial charge in [-0.05, 0) is 18.2 Å². The zero-order valence-corrected chi connectivity index (χ0v) is 11.0. The Labute approximate surface area is 120 Å². The smallest absolute Gasteiger partial charge is 0.269 e. The summed E-state index contributed by atoms with van der Waals surface area (Å²) < 4.78 is 5.50. The molecular weight excluding hydrogens is 280 g/mol.